The van der Waals surface area contributed by atoms with Crippen LogP contribution in [-0.4, -0.2) is 41.0 Å². The average molecular weight is 228 g/mol. The summed E-state index contributed by atoms with van der Waals surface area (Å²) >= 11 is 0. The molecule has 0 saturated carbocycles. The van der Waals surface area contributed by atoms with Crippen molar-refractivity contribution in [3.63, 3.8) is 0 Å². The number of halogens is 1. The van der Waals surface area contributed by atoms with E-state index in [9.17, 15) is 10.4 Å². The van der Waals surface area contributed by atoms with Gasteiger partial charge in [0.1, 0.15) is 13.2 Å². The molecule has 11 heavy (non-hydrogen) atoms. The van der Waals surface area contributed by atoms with Crippen molar-refractivity contribution in [2.75, 3.05) is 19.8 Å². The van der Waals surface area contributed by atoms with Crippen molar-refractivity contribution in [3.8, 4) is 0 Å². The fraction of sp³-hybridized carbons (Fsp3) is 1.00. The first-order valence-electron chi connectivity index (χ1n) is 3.58. The van der Waals surface area contributed by atoms with Gasteiger partial charge in [-0.15, -0.1) is 0 Å². The lowest BCUT2D eigenvalue weighted by Gasteiger charge is -2.32. The molecule has 1 fully saturated rings. The zero-order valence-corrected chi connectivity index (χ0v) is 8.12. The van der Waals surface area contributed by atoms with E-state index in [0.29, 0.717) is 13.2 Å². The third-order valence-electron chi connectivity index (χ3n) is 1.93. The lowest BCUT2D eigenvalue weighted by atomic mass is 10.2. The normalized spacial score (nSPS) is 29.2. The van der Waals surface area contributed by atoms with E-state index in [2.05, 4.69) is 0 Å². The number of quaternary nitrogens is 1. The molecule has 0 amide bonds. The van der Waals surface area contributed by atoms with Gasteiger partial charge < -0.3 is 21.7 Å². The van der Waals surface area contributed by atoms with Crippen molar-refractivity contribution >= 4 is 0 Å². The third kappa shape index (κ3) is 2.68. The summed E-state index contributed by atoms with van der Waals surface area (Å²) in [6.07, 6.45) is 0.729. The van der Waals surface area contributed by atoms with Crippen LogP contribution in [0.5, 0.6) is 0 Å². The second kappa shape index (κ2) is 4.37. The van der Waals surface area contributed by atoms with Crippen LogP contribution in [0.4, 0.5) is 0 Å². The van der Waals surface area contributed by atoms with Crippen molar-refractivity contribution in [1.29, 1.82) is 0 Å². The van der Waals surface area contributed by atoms with Crippen molar-refractivity contribution in [3.05, 3.63) is 0 Å². The van der Waals surface area contributed by atoms with Gasteiger partial charge >= 0.3 is 0 Å². The van der Waals surface area contributed by atoms with E-state index >= 15 is 0 Å². The molecule has 1 atom stereocenters. The molecule has 0 bridgehead atoms. The summed E-state index contributed by atoms with van der Waals surface area (Å²) < 4.78 is 5.07. The molecule has 4 nitrogen and oxygen atoms in total. The molecule has 5 heteroatoms. The Hall–Kier alpha value is 0.320. The summed E-state index contributed by atoms with van der Waals surface area (Å²) in [6, 6.07) is -0.172. The van der Waals surface area contributed by atoms with Crippen LogP contribution < -0.4 is 17.0 Å². The number of morpholine rings is 1. The van der Waals surface area contributed by atoms with Crippen molar-refractivity contribution in [2.24, 2.45) is 0 Å². The highest BCUT2D eigenvalue weighted by Gasteiger charge is 2.37. The maximum absolute atomic E-state index is 9.25. The van der Waals surface area contributed by atoms with E-state index in [4.69, 9.17) is 4.74 Å². The van der Waals surface area contributed by atoms with Gasteiger partial charge in [0.2, 0.25) is 0 Å². The number of hydrogen-bond donors (Lipinski definition) is 2. The van der Waals surface area contributed by atoms with Crippen LogP contribution in [-0.2, 0) is 4.74 Å². The molecule has 1 saturated heterocycles. The maximum Gasteiger partial charge on any atom is 0.175 e. The highest BCUT2D eigenvalue weighted by molar-refractivity contribution is 4.54. The zero-order chi connectivity index (χ0) is 7.61. The van der Waals surface area contributed by atoms with Crippen LogP contribution in [0.2, 0.25) is 0 Å². The van der Waals surface area contributed by atoms with Crippen LogP contribution in [0.25, 0.3) is 0 Å². The summed E-state index contributed by atoms with van der Waals surface area (Å²) in [6.45, 7) is 3.07. The molecule has 1 unspecified atom stereocenters. The summed E-state index contributed by atoms with van der Waals surface area (Å²) in [5.41, 5.74) is 0. The van der Waals surface area contributed by atoms with Crippen molar-refractivity contribution < 1.29 is 36.9 Å². The Bertz CT molecular complexity index is 120. The van der Waals surface area contributed by atoms with Gasteiger partial charge in [-0.05, 0) is 4.81 Å². The third-order valence-corrected chi connectivity index (χ3v) is 1.93. The Morgan fingerprint density at radius 3 is 2.55 bits per heavy atom. The number of ether oxygens (including phenoxy) is 1. The Balaban J connectivity index is 0.000001000. The molecule has 1 rings (SSSR count). The van der Waals surface area contributed by atoms with Gasteiger partial charge in [-0.1, -0.05) is 6.92 Å². The second-order valence-corrected chi connectivity index (χ2v) is 2.65. The molecule has 1 heterocycles. The predicted octanol–water partition coefficient (Wildman–Crippen LogP) is -2.61. The molecule has 0 aromatic heterocycles. The molecule has 0 aromatic rings. The fourth-order valence-corrected chi connectivity index (χ4v) is 1.13. The number of hydrogen-bond acceptors (Lipinski definition) is 3. The molecule has 1 aliphatic rings. The molecule has 0 aromatic carbocycles. The minimum absolute atomic E-state index is 0. The zero-order valence-electron chi connectivity index (χ0n) is 6.53. The lowest BCUT2D eigenvalue weighted by Crippen LogP contribution is -3.00. The van der Waals surface area contributed by atoms with E-state index in [-0.39, 0.29) is 29.6 Å². The Labute approximate surface area is 76.7 Å². The van der Waals surface area contributed by atoms with Crippen LogP contribution in [0.15, 0.2) is 0 Å². The molecular weight excluding hydrogens is 214 g/mol. The standard InChI is InChI=1S/C6H14NO3.BrH/c1-2-6-5-10-4-3-7(6,8)9;/h6,8-9H,2-5H2,1H3;1H/q+1;/p-1. The smallest absolute Gasteiger partial charge is 0.175 e. The van der Waals surface area contributed by atoms with Crippen LogP contribution in [0.1, 0.15) is 13.3 Å². The highest BCUT2D eigenvalue weighted by atomic mass is 79.9. The number of hydroxylamine groups is 4. The van der Waals surface area contributed by atoms with E-state index in [1.165, 1.54) is 0 Å². The lowest BCUT2D eigenvalue weighted by molar-refractivity contribution is -1.26. The molecular formula is C6H14BrNO3. The fourth-order valence-electron chi connectivity index (χ4n) is 1.13. The monoisotopic (exact) mass is 227 g/mol. The summed E-state index contributed by atoms with van der Waals surface area (Å²) in [7, 11) is 0. The predicted molar refractivity (Wildman–Crippen MR) is 33.6 cm³/mol. The van der Waals surface area contributed by atoms with E-state index in [0.717, 1.165) is 6.42 Å². The van der Waals surface area contributed by atoms with E-state index < -0.39 is 4.81 Å². The van der Waals surface area contributed by atoms with E-state index in [1.54, 1.807) is 0 Å². The number of nitrogens with zero attached hydrogens (tertiary/aromatic N) is 1. The first-order valence-corrected chi connectivity index (χ1v) is 3.58. The summed E-state index contributed by atoms with van der Waals surface area (Å²) in [5, 5.41) is 18.5. The highest BCUT2D eigenvalue weighted by Crippen LogP contribution is 2.13. The van der Waals surface area contributed by atoms with Gasteiger partial charge in [-0.3, -0.25) is 0 Å². The molecule has 2 N–H and O–H groups in total. The second-order valence-electron chi connectivity index (χ2n) is 2.65. The summed E-state index contributed by atoms with van der Waals surface area (Å²) in [5.74, 6) is 0. The van der Waals surface area contributed by atoms with Gasteiger partial charge in [0.15, 0.2) is 12.6 Å². The maximum atomic E-state index is 9.25. The number of rotatable bonds is 1. The molecule has 0 radical (unpaired) electrons. The Morgan fingerprint density at radius 1 is 1.55 bits per heavy atom. The van der Waals surface area contributed by atoms with Gasteiger partial charge in [-0.25, -0.2) is 0 Å². The molecule has 1 aliphatic heterocycles. The molecule has 68 valence electrons. The first-order chi connectivity index (χ1) is 4.67. The van der Waals surface area contributed by atoms with Crippen LogP contribution >= 0.6 is 0 Å². The SMILES string of the molecule is CCC1COCC[N+]1(O)O.[Br-]. The van der Waals surface area contributed by atoms with Crippen molar-refractivity contribution in [2.45, 2.75) is 19.4 Å². The summed E-state index contributed by atoms with van der Waals surface area (Å²) in [4.78, 5) is -0.865. The van der Waals surface area contributed by atoms with Crippen LogP contribution in [0.3, 0.4) is 0 Å². The first kappa shape index (κ1) is 11.3. The van der Waals surface area contributed by atoms with Crippen molar-refractivity contribution in [1.82, 2.24) is 0 Å². The topological polar surface area (TPSA) is 49.7 Å². The van der Waals surface area contributed by atoms with Crippen LogP contribution in [0, 0.1) is 0 Å². The largest absolute Gasteiger partial charge is 1.00 e. The quantitative estimate of drug-likeness (QED) is 0.484. The minimum atomic E-state index is -0.865. The molecule has 0 spiro atoms. The van der Waals surface area contributed by atoms with E-state index in [1.807, 2.05) is 6.92 Å². The van der Waals surface area contributed by atoms with Gasteiger partial charge in [0.25, 0.3) is 0 Å². The van der Waals surface area contributed by atoms with Gasteiger partial charge in [-0.2, -0.15) is 10.4 Å². The average Bonchev–Trinajstić information content (AvgIpc) is 1.87. The minimum Gasteiger partial charge on any atom is -1.00 e. The van der Waals surface area contributed by atoms with Gasteiger partial charge in [0, 0.05) is 6.42 Å². The molecule has 0 aliphatic carbocycles. The Morgan fingerprint density at radius 2 is 2.18 bits per heavy atom. The van der Waals surface area contributed by atoms with Gasteiger partial charge in [0.05, 0.1) is 0 Å². The Kier molecular flexibility index (Phi) is 4.50.